The number of carbonyl (C=O) groups excluding carboxylic acids is 1. The quantitative estimate of drug-likeness (QED) is 0.344. The highest BCUT2D eigenvalue weighted by molar-refractivity contribution is 7.86. The van der Waals surface area contributed by atoms with Crippen LogP contribution in [0.5, 0.6) is 0 Å². The van der Waals surface area contributed by atoms with Crippen molar-refractivity contribution in [2.24, 2.45) is 4.99 Å². The van der Waals surface area contributed by atoms with Gasteiger partial charge in [-0.25, -0.2) is 4.79 Å². The van der Waals surface area contributed by atoms with E-state index in [9.17, 15) is 22.9 Å². The molecule has 0 aromatic heterocycles. The van der Waals surface area contributed by atoms with Gasteiger partial charge < -0.3 is 14.6 Å². The van der Waals surface area contributed by atoms with Crippen LogP contribution in [-0.2, 0) is 24.4 Å². The van der Waals surface area contributed by atoms with Crippen molar-refractivity contribution in [2.45, 2.75) is 69.3 Å². The molecule has 9 heteroatoms. The molecule has 1 aromatic rings. The predicted molar refractivity (Wildman–Crippen MR) is 112 cm³/mol. The highest BCUT2D eigenvalue weighted by Gasteiger charge is 2.35. The van der Waals surface area contributed by atoms with Crippen molar-refractivity contribution in [3.8, 4) is 0 Å². The normalized spacial score (nSPS) is 22.3. The van der Waals surface area contributed by atoms with Crippen LogP contribution in [0.15, 0.2) is 45.8 Å². The Morgan fingerprint density at radius 1 is 1.27 bits per heavy atom. The molecule has 166 valence electrons. The summed E-state index contributed by atoms with van der Waals surface area (Å²) in [5.74, 6) is -0.499. The lowest BCUT2D eigenvalue weighted by Crippen LogP contribution is -2.43. The molecule has 0 fully saturated rings. The summed E-state index contributed by atoms with van der Waals surface area (Å²) in [4.78, 5) is 16.3. The van der Waals surface area contributed by atoms with Gasteiger partial charge in [-0.1, -0.05) is 32.0 Å². The number of carbonyl (C=O) groups is 1. The van der Waals surface area contributed by atoms with Crippen LogP contribution in [0.1, 0.15) is 45.6 Å². The van der Waals surface area contributed by atoms with Crippen LogP contribution in [0.3, 0.4) is 0 Å². The van der Waals surface area contributed by atoms with Crippen LogP contribution in [0, 0.1) is 0 Å². The van der Waals surface area contributed by atoms with Gasteiger partial charge in [-0.15, -0.1) is 0 Å². The number of ether oxygens (including phenoxy) is 2. The molecule has 2 rings (SSSR count). The minimum Gasteiger partial charge on any atom is -0.463 e. The van der Waals surface area contributed by atoms with Crippen LogP contribution in [0.4, 0.5) is 0 Å². The smallest absolute Gasteiger partial charge is 0.333 e. The minimum absolute atomic E-state index is 0.0904. The average Bonchev–Trinajstić information content (AvgIpc) is 2.71. The van der Waals surface area contributed by atoms with E-state index in [0.29, 0.717) is 5.57 Å². The molecule has 0 amide bonds. The van der Waals surface area contributed by atoms with E-state index in [1.807, 2.05) is 13.8 Å². The van der Waals surface area contributed by atoms with Crippen molar-refractivity contribution in [2.75, 3.05) is 6.61 Å². The number of esters is 1. The maximum atomic E-state index is 12.3. The van der Waals surface area contributed by atoms with Crippen molar-refractivity contribution in [3.05, 3.63) is 41.5 Å². The van der Waals surface area contributed by atoms with Gasteiger partial charge in [0.25, 0.3) is 10.1 Å². The van der Waals surface area contributed by atoms with Gasteiger partial charge in [0.1, 0.15) is 17.1 Å². The van der Waals surface area contributed by atoms with Crippen molar-refractivity contribution >= 4 is 22.3 Å². The van der Waals surface area contributed by atoms with Crippen LogP contribution < -0.4 is 0 Å². The van der Waals surface area contributed by atoms with Crippen LogP contribution >= 0.6 is 0 Å². The van der Waals surface area contributed by atoms with Gasteiger partial charge in [0.2, 0.25) is 0 Å². The second-order valence-corrected chi connectivity index (χ2v) is 8.39. The molecule has 0 bridgehead atoms. The molecule has 1 aromatic carbocycles. The number of hydrogen-bond acceptors (Lipinski definition) is 7. The average molecular weight is 440 g/mol. The SMILES string of the molecule is CCOC(=O)C1=C[C@@H](OC(CC)CC)[C@@H](O)[C@H](N=Cc2ccccc2S(=O)(=O)O)C1. The van der Waals surface area contributed by atoms with E-state index in [2.05, 4.69) is 4.99 Å². The topological polar surface area (TPSA) is 122 Å². The summed E-state index contributed by atoms with van der Waals surface area (Å²) in [5.41, 5.74) is 0.528. The maximum absolute atomic E-state index is 12.3. The fourth-order valence-electron chi connectivity index (χ4n) is 3.27. The molecule has 0 saturated carbocycles. The van der Waals surface area contributed by atoms with Gasteiger partial charge in [-0.05, 0) is 31.9 Å². The molecule has 0 radical (unpaired) electrons. The zero-order chi connectivity index (χ0) is 22.3. The number of nitrogens with zero attached hydrogens (tertiary/aromatic N) is 1. The Morgan fingerprint density at radius 3 is 2.53 bits per heavy atom. The van der Waals surface area contributed by atoms with Crippen molar-refractivity contribution in [3.63, 3.8) is 0 Å². The van der Waals surface area contributed by atoms with E-state index < -0.39 is 34.3 Å². The Kier molecular flexibility index (Phi) is 8.72. The molecule has 1 aliphatic carbocycles. The van der Waals surface area contributed by atoms with Crippen LogP contribution in [0.2, 0.25) is 0 Å². The van der Waals surface area contributed by atoms with Gasteiger partial charge >= 0.3 is 5.97 Å². The van der Waals surface area contributed by atoms with E-state index in [4.69, 9.17) is 9.47 Å². The van der Waals surface area contributed by atoms with Crippen molar-refractivity contribution < 1.29 is 32.3 Å². The van der Waals surface area contributed by atoms with Gasteiger partial charge in [0, 0.05) is 23.8 Å². The molecular formula is C21H29NO7S. The molecule has 0 unspecified atom stereocenters. The van der Waals surface area contributed by atoms with Crippen LogP contribution in [0.25, 0.3) is 0 Å². The molecule has 8 nitrogen and oxygen atoms in total. The highest BCUT2D eigenvalue weighted by Crippen LogP contribution is 2.27. The number of aliphatic hydroxyl groups is 1. The zero-order valence-electron chi connectivity index (χ0n) is 17.4. The first-order chi connectivity index (χ1) is 14.2. The largest absolute Gasteiger partial charge is 0.463 e. The Labute approximate surface area is 177 Å². The Balaban J connectivity index is 2.34. The van der Waals surface area contributed by atoms with Gasteiger partial charge in [-0.2, -0.15) is 8.42 Å². The van der Waals surface area contributed by atoms with Crippen molar-refractivity contribution in [1.82, 2.24) is 0 Å². The highest BCUT2D eigenvalue weighted by atomic mass is 32.2. The van der Waals surface area contributed by atoms with E-state index in [1.54, 1.807) is 19.1 Å². The lowest BCUT2D eigenvalue weighted by Gasteiger charge is -2.33. The third-order valence-electron chi connectivity index (χ3n) is 4.93. The molecule has 3 atom stereocenters. The summed E-state index contributed by atoms with van der Waals surface area (Å²) in [7, 11) is -4.43. The van der Waals surface area contributed by atoms with Crippen molar-refractivity contribution in [1.29, 1.82) is 0 Å². The Morgan fingerprint density at radius 2 is 1.93 bits per heavy atom. The summed E-state index contributed by atoms with van der Waals surface area (Å²) in [6.07, 6.45) is 2.61. The summed E-state index contributed by atoms with van der Waals surface area (Å²) in [5, 5.41) is 10.8. The third kappa shape index (κ3) is 6.21. The molecule has 2 N–H and O–H groups in total. The second kappa shape index (κ2) is 10.8. The molecule has 30 heavy (non-hydrogen) atoms. The van der Waals surface area contributed by atoms with E-state index >= 15 is 0 Å². The Hall–Kier alpha value is -2.07. The monoisotopic (exact) mass is 439 g/mol. The summed E-state index contributed by atoms with van der Waals surface area (Å²) in [6.45, 7) is 5.87. The number of aliphatic imine (C=N–C) groups is 1. The maximum Gasteiger partial charge on any atom is 0.333 e. The summed E-state index contributed by atoms with van der Waals surface area (Å²) in [6, 6.07) is 5.09. The number of aliphatic hydroxyl groups excluding tert-OH is 1. The molecule has 0 saturated heterocycles. The predicted octanol–water partition coefficient (Wildman–Crippen LogP) is 2.55. The molecule has 0 spiro atoms. The van der Waals surface area contributed by atoms with E-state index in [-0.39, 0.29) is 29.6 Å². The molecular weight excluding hydrogens is 410 g/mol. The van der Waals surface area contributed by atoms with Crippen LogP contribution in [-0.4, -0.2) is 61.2 Å². The van der Waals surface area contributed by atoms with Gasteiger partial charge in [0.05, 0.1) is 18.8 Å². The zero-order valence-corrected chi connectivity index (χ0v) is 18.2. The molecule has 0 aliphatic heterocycles. The molecule has 0 heterocycles. The first kappa shape index (κ1) is 24.2. The summed E-state index contributed by atoms with van der Waals surface area (Å²) < 4.78 is 43.6. The first-order valence-electron chi connectivity index (χ1n) is 10.0. The van der Waals surface area contributed by atoms with E-state index in [1.165, 1.54) is 24.4 Å². The first-order valence-corrected chi connectivity index (χ1v) is 11.5. The van der Waals surface area contributed by atoms with Gasteiger partial charge in [-0.3, -0.25) is 9.55 Å². The summed E-state index contributed by atoms with van der Waals surface area (Å²) >= 11 is 0. The number of benzene rings is 1. The van der Waals surface area contributed by atoms with E-state index in [0.717, 1.165) is 12.8 Å². The lowest BCUT2D eigenvalue weighted by atomic mass is 9.90. The Bertz CT molecular complexity index is 890. The second-order valence-electron chi connectivity index (χ2n) is 7.00. The lowest BCUT2D eigenvalue weighted by molar-refractivity contribution is -0.139. The van der Waals surface area contributed by atoms with Gasteiger partial charge in [0.15, 0.2) is 0 Å². The number of rotatable bonds is 9. The fraction of sp³-hybridized carbons (Fsp3) is 0.524. The standard InChI is InChI=1S/C21H29NO7S/c1-4-16(5-2)29-18-12-15(21(24)28-6-3)11-17(20(18)23)22-13-14-9-7-8-10-19(14)30(25,26)27/h7-10,12-13,16-18,20,23H,4-6,11H2,1-3H3,(H,25,26,27)/t17-,18-,20+/m1/s1. The molecule has 1 aliphatic rings. The number of hydrogen-bond donors (Lipinski definition) is 2. The third-order valence-corrected chi connectivity index (χ3v) is 5.85. The fourth-order valence-corrected chi connectivity index (χ4v) is 3.94. The minimum atomic E-state index is -4.43.